The summed E-state index contributed by atoms with van der Waals surface area (Å²) in [7, 11) is -1.81. The lowest BCUT2D eigenvalue weighted by atomic mass is 10.1. The molecule has 1 amide bonds. The van der Waals surface area contributed by atoms with E-state index in [1.165, 1.54) is 31.3 Å². The quantitative estimate of drug-likeness (QED) is 0.361. The van der Waals surface area contributed by atoms with Crippen LogP contribution in [0.4, 0.5) is 14.5 Å². The molecule has 0 aliphatic carbocycles. The summed E-state index contributed by atoms with van der Waals surface area (Å²) >= 11 is 0. The number of aromatic nitrogens is 2. The van der Waals surface area contributed by atoms with Gasteiger partial charge in [0.05, 0.1) is 35.9 Å². The van der Waals surface area contributed by atoms with Gasteiger partial charge in [0, 0.05) is 36.9 Å². The first-order valence-corrected chi connectivity index (χ1v) is 14.7. The number of nitrogens with one attached hydrogen (secondary N) is 1. The van der Waals surface area contributed by atoms with E-state index >= 15 is 0 Å². The molecular weight excluding hydrogens is 558 g/mol. The summed E-state index contributed by atoms with van der Waals surface area (Å²) in [5, 5.41) is 6.97. The highest BCUT2D eigenvalue weighted by atomic mass is 32.2. The molecule has 4 rings (SSSR count). The summed E-state index contributed by atoms with van der Waals surface area (Å²) in [6.45, 7) is 0.595. The van der Waals surface area contributed by atoms with Crippen LogP contribution in [-0.4, -0.2) is 61.8 Å². The summed E-state index contributed by atoms with van der Waals surface area (Å²) in [5.41, 5.74) is 1.56. The molecule has 1 unspecified atom stereocenters. The van der Waals surface area contributed by atoms with Gasteiger partial charge in [-0.25, -0.2) is 13.1 Å². The molecule has 1 aromatic heterocycles. The van der Waals surface area contributed by atoms with Crippen molar-refractivity contribution in [3.63, 3.8) is 0 Å². The van der Waals surface area contributed by atoms with Gasteiger partial charge in [-0.1, -0.05) is 19.1 Å². The fraction of sp³-hybridized carbons (Fsp3) is 0.393. The Hall–Kier alpha value is -3.84. The second-order valence-corrected chi connectivity index (χ2v) is 12.0. The van der Waals surface area contributed by atoms with Crippen LogP contribution in [0.25, 0.3) is 0 Å². The minimum absolute atomic E-state index is 0.00608. The molecule has 1 saturated heterocycles. The number of carbonyl (C=O) groups is 1. The number of aryl methyl sites for hydroxylation is 1. The second-order valence-electron chi connectivity index (χ2n) is 9.72. The molecule has 3 aromatic rings. The molecule has 1 aliphatic rings. The first-order valence-electron chi connectivity index (χ1n) is 13.1. The van der Waals surface area contributed by atoms with Gasteiger partial charge in [-0.05, 0) is 48.9 Å². The van der Waals surface area contributed by atoms with E-state index in [1.54, 1.807) is 50.2 Å². The third-order valence-corrected chi connectivity index (χ3v) is 8.69. The molecule has 2 aromatic carbocycles. The Balaban J connectivity index is 1.43. The number of carbonyl (C=O) groups excluding carboxylic acids is 1. The SMILES string of the molecule is CCS(=O)(=O)c1ccc(C(C)NC(=O)c2ccc(N3C[C@@H](Oc4ccc(=O)n(C)n4)C[C@H]3COC(F)F)cc2)cc1. The Morgan fingerprint density at radius 3 is 2.39 bits per heavy atom. The second kappa shape index (κ2) is 12.8. The third-order valence-electron chi connectivity index (χ3n) is 6.94. The molecule has 1 fully saturated rings. The molecule has 0 spiro atoms. The van der Waals surface area contributed by atoms with Crippen molar-refractivity contribution >= 4 is 21.4 Å². The van der Waals surface area contributed by atoms with Crippen LogP contribution in [0.2, 0.25) is 0 Å². The number of ether oxygens (including phenoxy) is 2. The average Bonchev–Trinajstić information content (AvgIpc) is 3.36. The number of nitrogens with zero attached hydrogens (tertiary/aromatic N) is 3. The Morgan fingerprint density at radius 2 is 1.78 bits per heavy atom. The van der Waals surface area contributed by atoms with Gasteiger partial charge < -0.3 is 19.7 Å². The number of hydrogen-bond acceptors (Lipinski definition) is 8. The average molecular weight is 591 g/mol. The summed E-state index contributed by atoms with van der Waals surface area (Å²) in [6.07, 6.45) is -0.0104. The van der Waals surface area contributed by atoms with E-state index in [4.69, 9.17) is 4.74 Å². The van der Waals surface area contributed by atoms with Crippen molar-refractivity contribution < 1.29 is 31.5 Å². The molecule has 0 saturated carbocycles. The summed E-state index contributed by atoms with van der Waals surface area (Å²) < 4.78 is 61.4. The van der Waals surface area contributed by atoms with E-state index in [9.17, 15) is 26.8 Å². The summed E-state index contributed by atoms with van der Waals surface area (Å²) in [6, 6.07) is 15.2. The van der Waals surface area contributed by atoms with Crippen LogP contribution in [0.15, 0.2) is 70.4 Å². The number of alkyl halides is 2. The molecule has 13 heteroatoms. The zero-order chi connectivity index (χ0) is 29.7. The summed E-state index contributed by atoms with van der Waals surface area (Å²) in [4.78, 5) is 26.6. The maximum atomic E-state index is 12.9. The Kier molecular flexibility index (Phi) is 9.38. The molecule has 0 radical (unpaired) electrons. The van der Waals surface area contributed by atoms with Crippen molar-refractivity contribution in [2.24, 2.45) is 7.05 Å². The molecule has 1 aliphatic heterocycles. The van der Waals surface area contributed by atoms with Crippen molar-refractivity contribution in [1.29, 1.82) is 0 Å². The molecule has 3 atom stereocenters. The number of sulfone groups is 1. The third kappa shape index (κ3) is 7.47. The van der Waals surface area contributed by atoms with Crippen LogP contribution in [-0.2, 0) is 21.6 Å². The largest absolute Gasteiger partial charge is 0.471 e. The predicted octanol–water partition coefficient (Wildman–Crippen LogP) is 3.33. The van der Waals surface area contributed by atoms with Crippen molar-refractivity contribution in [2.45, 2.75) is 50.0 Å². The van der Waals surface area contributed by atoms with Gasteiger partial charge in [-0.2, -0.15) is 8.78 Å². The lowest BCUT2D eigenvalue weighted by Gasteiger charge is -2.26. The minimum Gasteiger partial charge on any atom is -0.471 e. The predicted molar refractivity (Wildman–Crippen MR) is 148 cm³/mol. The van der Waals surface area contributed by atoms with Crippen molar-refractivity contribution in [2.75, 3.05) is 23.8 Å². The maximum absolute atomic E-state index is 12.9. The van der Waals surface area contributed by atoms with Crippen molar-refractivity contribution in [3.8, 4) is 5.88 Å². The van der Waals surface area contributed by atoms with Crippen LogP contribution >= 0.6 is 0 Å². The highest BCUT2D eigenvalue weighted by molar-refractivity contribution is 7.91. The van der Waals surface area contributed by atoms with E-state index in [-0.39, 0.29) is 40.6 Å². The van der Waals surface area contributed by atoms with Crippen LogP contribution in [0.3, 0.4) is 0 Å². The fourth-order valence-corrected chi connectivity index (χ4v) is 5.51. The maximum Gasteiger partial charge on any atom is 0.345 e. The van der Waals surface area contributed by atoms with Crippen LogP contribution in [0.5, 0.6) is 5.88 Å². The van der Waals surface area contributed by atoms with Gasteiger partial charge >= 0.3 is 6.61 Å². The lowest BCUT2D eigenvalue weighted by molar-refractivity contribution is -0.131. The molecule has 1 N–H and O–H groups in total. The summed E-state index contributed by atoms with van der Waals surface area (Å²) in [5.74, 6) is -0.0721. The van der Waals surface area contributed by atoms with Gasteiger partial charge in [0.25, 0.3) is 11.5 Å². The molecular formula is C28H32F2N4O6S. The Morgan fingerprint density at radius 1 is 1.10 bits per heavy atom. The van der Waals surface area contributed by atoms with Gasteiger partial charge in [0.1, 0.15) is 6.10 Å². The van der Waals surface area contributed by atoms with Crippen LogP contribution in [0.1, 0.15) is 42.2 Å². The van der Waals surface area contributed by atoms with E-state index in [1.807, 2.05) is 4.90 Å². The Bertz CT molecular complexity index is 1510. The van der Waals surface area contributed by atoms with Gasteiger partial charge in [-0.3, -0.25) is 9.59 Å². The first-order chi connectivity index (χ1) is 19.5. The zero-order valence-electron chi connectivity index (χ0n) is 22.9. The zero-order valence-corrected chi connectivity index (χ0v) is 23.7. The highest BCUT2D eigenvalue weighted by Crippen LogP contribution is 2.29. The number of amides is 1. The van der Waals surface area contributed by atoms with E-state index in [2.05, 4.69) is 15.2 Å². The van der Waals surface area contributed by atoms with Crippen molar-refractivity contribution in [1.82, 2.24) is 15.1 Å². The highest BCUT2D eigenvalue weighted by Gasteiger charge is 2.35. The number of hydrogen-bond donors (Lipinski definition) is 1. The number of anilines is 1. The number of benzene rings is 2. The normalized spacial score (nSPS) is 18.0. The molecule has 41 heavy (non-hydrogen) atoms. The smallest absolute Gasteiger partial charge is 0.345 e. The van der Waals surface area contributed by atoms with Gasteiger partial charge in [-0.15, -0.1) is 5.10 Å². The topological polar surface area (TPSA) is 120 Å². The minimum atomic E-state index is -3.31. The van der Waals surface area contributed by atoms with Crippen LogP contribution in [0, 0.1) is 0 Å². The van der Waals surface area contributed by atoms with E-state index in [0.29, 0.717) is 24.2 Å². The van der Waals surface area contributed by atoms with E-state index < -0.39 is 28.6 Å². The molecule has 2 heterocycles. The van der Waals surface area contributed by atoms with Gasteiger partial charge in [0.2, 0.25) is 5.88 Å². The van der Waals surface area contributed by atoms with E-state index in [0.717, 1.165) is 10.2 Å². The molecule has 0 bridgehead atoms. The van der Waals surface area contributed by atoms with Gasteiger partial charge in [0.15, 0.2) is 9.84 Å². The standard InChI is InChI=1S/C28H32F2N4O6S/c1-4-41(37,38)24-11-7-19(8-12-24)18(2)31-27(36)20-5-9-21(10-6-20)34-16-23(15-22(34)17-39-28(29)30)40-25-13-14-26(35)33(3)32-25/h5-14,18,22-23,28H,4,15-17H2,1-3H3,(H,31,36)/t18?,22-,23-/m0/s1. The fourth-order valence-electron chi connectivity index (χ4n) is 4.63. The number of halogens is 2. The molecule has 220 valence electrons. The number of rotatable bonds is 11. The van der Waals surface area contributed by atoms with Crippen LogP contribution < -0.4 is 20.5 Å². The Labute approximate surface area is 236 Å². The lowest BCUT2D eigenvalue weighted by Crippen LogP contribution is -2.34. The molecule has 10 nitrogen and oxygen atoms in total. The van der Waals surface area contributed by atoms with Crippen molar-refractivity contribution in [3.05, 3.63) is 82.1 Å². The first kappa shape index (κ1) is 30.1. The monoisotopic (exact) mass is 590 g/mol.